The molecule has 8 heteroatoms. The SMILES string of the molecule is Cl.O=P(O)(O)O.[Fe].[LiH]. The molecule has 0 fully saturated rings. The molecule has 0 aliphatic rings. The van der Waals surface area contributed by atoms with E-state index in [1.165, 1.54) is 0 Å². The molecule has 0 aliphatic heterocycles. The standard InChI is InChI=1S/ClH.Fe.Li.H3O4P.H/c;;;1-5(2,3)4;/h1H;;;(H3,1,2,3,4);. The van der Waals surface area contributed by atoms with E-state index in [2.05, 4.69) is 0 Å². The Bertz CT molecular complexity index is 62.2. The van der Waals surface area contributed by atoms with Crippen molar-refractivity contribution in [1.82, 2.24) is 0 Å². The van der Waals surface area contributed by atoms with E-state index in [1.807, 2.05) is 0 Å². The third kappa shape index (κ3) is 139. The first-order valence-electron chi connectivity index (χ1n) is 0.783. The van der Waals surface area contributed by atoms with Gasteiger partial charge < -0.3 is 14.7 Å². The van der Waals surface area contributed by atoms with E-state index in [1.54, 1.807) is 0 Å². The predicted molar refractivity (Wildman–Crippen MR) is 28.7 cm³/mol. The van der Waals surface area contributed by atoms with E-state index in [0.717, 1.165) is 0 Å². The molecule has 50 valence electrons. The van der Waals surface area contributed by atoms with Crippen LogP contribution < -0.4 is 0 Å². The van der Waals surface area contributed by atoms with Crippen LogP contribution in [-0.2, 0) is 21.6 Å². The Morgan fingerprint density at radius 1 is 1.12 bits per heavy atom. The molecule has 8 heavy (non-hydrogen) atoms. The minimum atomic E-state index is -4.64. The molecule has 0 amide bonds. The van der Waals surface area contributed by atoms with E-state index in [9.17, 15) is 0 Å². The van der Waals surface area contributed by atoms with Crippen LogP contribution in [0.4, 0.5) is 0 Å². The van der Waals surface area contributed by atoms with Gasteiger partial charge >= 0.3 is 26.7 Å². The molecule has 0 aromatic carbocycles. The number of rotatable bonds is 0. The molecule has 0 aromatic rings. The molecule has 0 aliphatic carbocycles. The van der Waals surface area contributed by atoms with Gasteiger partial charge in [-0.2, -0.15) is 0 Å². The van der Waals surface area contributed by atoms with Crippen LogP contribution >= 0.6 is 20.2 Å². The normalized spacial score (nSPS) is 7.38. The summed E-state index contributed by atoms with van der Waals surface area (Å²) in [6.45, 7) is 0. The van der Waals surface area contributed by atoms with Crippen LogP contribution in [0.2, 0.25) is 0 Å². The second-order valence-corrected chi connectivity index (χ2v) is 1.54. The molecule has 0 radical (unpaired) electrons. The summed E-state index contributed by atoms with van der Waals surface area (Å²) in [6, 6.07) is 0. The van der Waals surface area contributed by atoms with Crippen molar-refractivity contribution in [2.24, 2.45) is 0 Å². The Hall–Kier alpha value is 1.52. The molecule has 0 rings (SSSR count). The van der Waals surface area contributed by atoms with Crippen molar-refractivity contribution < 1.29 is 36.3 Å². The van der Waals surface area contributed by atoms with Crippen LogP contribution in [0.5, 0.6) is 0 Å². The summed E-state index contributed by atoms with van der Waals surface area (Å²) in [4.78, 5) is 21.6. The number of halogens is 1. The van der Waals surface area contributed by atoms with Gasteiger partial charge in [0.15, 0.2) is 0 Å². The molecule has 0 saturated heterocycles. The van der Waals surface area contributed by atoms with Gasteiger partial charge in [0.05, 0.1) is 0 Å². The summed E-state index contributed by atoms with van der Waals surface area (Å²) < 4.78 is 8.88. The second kappa shape index (κ2) is 8.52. The van der Waals surface area contributed by atoms with Gasteiger partial charge in [0.1, 0.15) is 0 Å². The molecule has 0 spiro atoms. The summed E-state index contributed by atoms with van der Waals surface area (Å²) in [5.41, 5.74) is 0. The van der Waals surface area contributed by atoms with E-state index < -0.39 is 7.82 Å². The maximum absolute atomic E-state index is 8.88. The van der Waals surface area contributed by atoms with Gasteiger partial charge in [0.25, 0.3) is 0 Å². The first kappa shape index (κ1) is 22.7. The molecular formula is H5ClFeLiO4P. The molecule has 0 atom stereocenters. The van der Waals surface area contributed by atoms with Gasteiger partial charge in [-0.25, -0.2) is 4.57 Å². The number of hydrogen-bond donors (Lipinski definition) is 3. The molecule has 0 saturated carbocycles. The van der Waals surface area contributed by atoms with E-state index in [0.29, 0.717) is 0 Å². The number of phosphoric acid groups is 1. The summed E-state index contributed by atoms with van der Waals surface area (Å²) in [7, 11) is -4.64. The fourth-order valence-electron chi connectivity index (χ4n) is 0. The average Bonchev–Trinajstić information content (AvgIpc) is 0.722. The molecule has 0 heterocycles. The van der Waals surface area contributed by atoms with Crippen LogP contribution in [0, 0.1) is 0 Å². The zero-order valence-corrected chi connectivity index (χ0v) is 5.77. The van der Waals surface area contributed by atoms with Crippen LogP contribution in [-0.4, -0.2) is 33.5 Å². The first-order valence-corrected chi connectivity index (χ1v) is 2.35. The summed E-state index contributed by atoms with van der Waals surface area (Å²) in [5, 5.41) is 0. The predicted octanol–water partition coefficient (Wildman–Crippen LogP) is -1.16. The van der Waals surface area contributed by atoms with Crippen molar-refractivity contribution in [1.29, 1.82) is 0 Å². The Morgan fingerprint density at radius 2 is 1.12 bits per heavy atom. The Balaban J connectivity index is -0.0000000267. The fraction of sp³-hybridized carbons (Fsp3) is 0. The fourth-order valence-corrected chi connectivity index (χ4v) is 0. The second-order valence-electron chi connectivity index (χ2n) is 0.513. The van der Waals surface area contributed by atoms with Gasteiger partial charge in [0.2, 0.25) is 0 Å². The van der Waals surface area contributed by atoms with Crippen LogP contribution in [0.25, 0.3) is 0 Å². The Morgan fingerprint density at radius 3 is 1.12 bits per heavy atom. The minimum absolute atomic E-state index is 0. The Labute approximate surface area is 75.4 Å². The van der Waals surface area contributed by atoms with E-state index in [4.69, 9.17) is 19.2 Å². The van der Waals surface area contributed by atoms with Crippen LogP contribution in [0.15, 0.2) is 0 Å². The van der Waals surface area contributed by atoms with Gasteiger partial charge in [0, 0.05) is 17.1 Å². The average molecular weight is 198 g/mol. The summed E-state index contributed by atoms with van der Waals surface area (Å²) >= 11 is 0. The van der Waals surface area contributed by atoms with Crippen LogP contribution in [0.3, 0.4) is 0 Å². The van der Waals surface area contributed by atoms with Gasteiger partial charge in [-0.15, -0.1) is 12.4 Å². The van der Waals surface area contributed by atoms with Gasteiger partial charge in [-0.05, 0) is 0 Å². The first-order chi connectivity index (χ1) is 2.00. The summed E-state index contributed by atoms with van der Waals surface area (Å²) in [5.74, 6) is 0. The third-order valence-electron chi connectivity index (χ3n) is 0. The van der Waals surface area contributed by atoms with Crippen molar-refractivity contribution in [2.75, 3.05) is 0 Å². The van der Waals surface area contributed by atoms with Crippen molar-refractivity contribution in [3.63, 3.8) is 0 Å². The number of hydrogen-bond acceptors (Lipinski definition) is 1. The van der Waals surface area contributed by atoms with Crippen molar-refractivity contribution in [3.8, 4) is 0 Å². The van der Waals surface area contributed by atoms with Crippen molar-refractivity contribution in [3.05, 3.63) is 0 Å². The maximum atomic E-state index is 8.88. The van der Waals surface area contributed by atoms with Crippen molar-refractivity contribution >= 4 is 39.1 Å². The topological polar surface area (TPSA) is 77.8 Å². The molecule has 0 unspecified atom stereocenters. The van der Waals surface area contributed by atoms with Crippen LogP contribution in [0.1, 0.15) is 0 Å². The zero-order valence-electron chi connectivity index (χ0n) is 2.96. The summed E-state index contributed by atoms with van der Waals surface area (Å²) in [6.07, 6.45) is 0. The van der Waals surface area contributed by atoms with E-state index >= 15 is 0 Å². The third-order valence-corrected chi connectivity index (χ3v) is 0. The van der Waals surface area contributed by atoms with Crippen molar-refractivity contribution in [2.45, 2.75) is 0 Å². The Kier molecular flexibility index (Phi) is 24.1. The molecule has 3 N–H and O–H groups in total. The molecule has 0 aromatic heterocycles. The quantitative estimate of drug-likeness (QED) is 0.339. The molecular weight excluding hydrogens is 193 g/mol. The van der Waals surface area contributed by atoms with E-state index in [-0.39, 0.29) is 48.3 Å². The van der Waals surface area contributed by atoms with Gasteiger partial charge in [-0.1, -0.05) is 0 Å². The molecule has 0 bridgehead atoms. The molecule has 4 nitrogen and oxygen atoms in total. The zero-order chi connectivity index (χ0) is 4.50. The van der Waals surface area contributed by atoms with Gasteiger partial charge in [-0.3, -0.25) is 0 Å². The monoisotopic (exact) mass is 198 g/mol.